The molecule has 7 heteroatoms. The van der Waals surface area contributed by atoms with E-state index in [0.717, 1.165) is 43.4 Å². The highest BCUT2D eigenvalue weighted by molar-refractivity contribution is 5.74. The third kappa shape index (κ3) is 8.23. The lowest BCUT2D eigenvalue weighted by Crippen LogP contribution is -2.18. The number of amides is 1. The van der Waals surface area contributed by atoms with Gasteiger partial charge >= 0.3 is 0 Å². The summed E-state index contributed by atoms with van der Waals surface area (Å²) in [7, 11) is 3.30. The summed E-state index contributed by atoms with van der Waals surface area (Å²) in [6, 6.07) is 20.5. The second-order valence-electron chi connectivity index (χ2n) is 8.93. The zero-order valence-corrected chi connectivity index (χ0v) is 22.0. The van der Waals surface area contributed by atoms with Crippen LogP contribution in [0.4, 0.5) is 0 Å². The summed E-state index contributed by atoms with van der Waals surface area (Å²) in [5.74, 6) is 1.78. The Morgan fingerprint density at radius 3 is 2.27 bits per heavy atom. The molecular formula is C30H38N2O5. The summed E-state index contributed by atoms with van der Waals surface area (Å²) in [5, 5.41) is 12.0. The summed E-state index contributed by atoms with van der Waals surface area (Å²) < 4.78 is 17.5. The van der Waals surface area contributed by atoms with Gasteiger partial charge in [-0.1, -0.05) is 61.4 Å². The molecule has 0 unspecified atom stereocenters. The van der Waals surface area contributed by atoms with Gasteiger partial charge in [-0.15, -0.1) is 0 Å². The molecule has 0 aliphatic carbocycles. The summed E-state index contributed by atoms with van der Waals surface area (Å²) in [6.45, 7) is 4.02. The summed E-state index contributed by atoms with van der Waals surface area (Å²) in [4.78, 5) is 11.0. The Morgan fingerprint density at radius 2 is 1.59 bits per heavy atom. The minimum Gasteiger partial charge on any atom is -0.496 e. The molecule has 3 aromatic carbocycles. The van der Waals surface area contributed by atoms with Crippen molar-refractivity contribution in [3.05, 3.63) is 77.4 Å². The van der Waals surface area contributed by atoms with Gasteiger partial charge in [0.15, 0.2) is 0 Å². The number of nitrogens with one attached hydrogen (secondary N) is 2. The quantitative estimate of drug-likeness (QED) is 0.137. The van der Waals surface area contributed by atoms with E-state index in [-0.39, 0.29) is 5.91 Å². The van der Waals surface area contributed by atoms with Crippen LogP contribution in [-0.4, -0.2) is 31.9 Å². The largest absolute Gasteiger partial charge is 0.496 e. The molecule has 0 aliphatic heterocycles. The number of hydrogen-bond donors (Lipinski definition) is 3. The fourth-order valence-electron chi connectivity index (χ4n) is 4.31. The van der Waals surface area contributed by atoms with E-state index in [1.165, 1.54) is 16.7 Å². The lowest BCUT2D eigenvalue weighted by molar-refractivity contribution is -0.129. The van der Waals surface area contributed by atoms with Crippen molar-refractivity contribution in [2.24, 2.45) is 0 Å². The van der Waals surface area contributed by atoms with Crippen LogP contribution in [0.25, 0.3) is 11.1 Å². The van der Waals surface area contributed by atoms with Crippen LogP contribution in [0, 0.1) is 6.92 Å². The molecule has 0 aromatic heterocycles. The standard InChI is InChI=1S/C30H38N2O5/c1-22-24(14-11-15-26(22)23-12-7-6-8-13-23)21-37-25-18-28(35-2)27(29(19-25)36-3)20-31-17-10-5-4-9-16-30(33)32-34/h6-8,11-15,18-19,31,34H,4-5,9-10,16-17,20-21H2,1-3H3,(H,32,33). The maximum Gasteiger partial charge on any atom is 0.243 e. The Labute approximate surface area is 219 Å². The number of unbranched alkanes of at least 4 members (excludes halogenated alkanes) is 3. The van der Waals surface area contributed by atoms with Crippen LogP contribution in [-0.2, 0) is 17.9 Å². The zero-order valence-electron chi connectivity index (χ0n) is 22.0. The Kier molecular flexibility index (Phi) is 11.3. The van der Waals surface area contributed by atoms with Gasteiger partial charge in [-0.3, -0.25) is 10.0 Å². The summed E-state index contributed by atoms with van der Waals surface area (Å²) >= 11 is 0. The Morgan fingerprint density at radius 1 is 0.892 bits per heavy atom. The highest BCUT2D eigenvalue weighted by atomic mass is 16.5. The van der Waals surface area contributed by atoms with Crippen molar-refractivity contribution in [1.29, 1.82) is 0 Å². The van der Waals surface area contributed by atoms with Crippen molar-refractivity contribution in [2.75, 3.05) is 20.8 Å². The minimum atomic E-state index is -0.333. The maximum absolute atomic E-state index is 11.0. The van der Waals surface area contributed by atoms with Gasteiger partial charge in [0.25, 0.3) is 0 Å². The van der Waals surface area contributed by atoms with E-state index in [1.807, 2.05) is 18.2 Å². The smallest absolute Gasteiger partial charge is 0.243 e. The molecule has 0 spiro atoms. The van der Waals surface area contributed by atoms with Crippen molar-refractivity contribution in [3.8, 4) is 28.4 Å². The van der Waals surface area contributed by atoms with Crippen LogP contribution in [0.1, 0.15) is 48.8 Å². The van der Waals surface area contributed by atoms with Gasteiger partial charge in [0.2, 0.25) is 5.91 Å². The van der Waals surface area contributed by atoms with E-state index >= 15 is 0 Å². The normalized spacial score (nSPS) is 10.7. The predicted octanol–water partition coefficient (Wildman–Crippen LogP) is 5.80. The van der Waals surface area contributed by atoms with Crippen LogP contribution in [0.15, 0.2) is 60.7 Å². The van der Waals surface area contributed by atoms with E-state index in [0.29, 0.717) is 36.8 Å². The lowest BCUT2D eigenvalue weighted by Gasteiger charge is -2.17. The number of hydrogen-bond acceptors (Lipinski definition) is 6. The molecule has 7 nitrogen and oxygen atoms in total. The van der Waals surface area contributed by atoms with Crippen molar-refractivity contribution >= 4 is 5.91 Å². The average Bonchev–Trinajstić information content (AvgIpc) is 2.94. The predicted molar refractivity (Wildman–Crippen MR) is 145 cm³/mol. The van der Waals surface area contributed by atoms with E-state index in [2.05, 4.69) is 54.7 Å². The molecule has 0 saturated heterocycles. The van der Waals surface area contributed by atoms with Gasteiger partial charge in [-0.05, 0) is 48.6 Å². The van der Waals surface area contributed by atoms with E-state index in [1.54, 1.807) is 19.7 Å². The van der Waals surface area contributed by atoms with Gasteiger partial charge in [0.1, 0.15) is 23.9 Å². The first-order valence-electron chi connectivity index (χ1n) is 12.7. The molecule has 3 N–H and O–H groups in total. The van der Waals surface area contributed by atoms with Crippen LogP contribution in [0.5, 0.6) is 17.2 Å². The molecule has 0 bridgehead atoms. The zero-order chi connectivity index (χ0) is 26.5. The van der Waals surface area contributed by atoms with Gasteiger partial charge in [-0.2, -0.15) is 0 Å². The monoisotopic (exact) mass is 506 g/mol. The number of carbonyl (C=O) groups excluding carboxylic acids is 1. The number of methoxy groups -OCH3 is 2. The molecule has 0 radical (unpaired) electrons. The molecule has 198 valence electrons. The highest BCUT2D eigenvalue weighted by Gasteiger charge is 2.14. The molecule has 37 heavy (non-hydrogen) atoms. The molecule has 0 saturated carbocycles. The molecule has 0 fully saturated rings. The van der Waals surface area contributed by atoms with Crippen molar-refractivity contribution in [1.82, 2.24) is 10.8 Å². The fraction of sp³-hybridized carbons (Fsp3) is 0.367. The minimum absolute atomic E-state index is 0.333. The van der Waals surface area contributed by atoms with Crippen molar-refractivity contribution in [3.63, 3.8) is 0 Å². The summed E-state index contributed by atoms with van der Waals surface area (Å²) in [5.41, 5.74) is 7.33. The second-order valence-corrected chi connectivity index (χ2v) is 8.93. The Bertz CT molecular complexity index is 1110. The molecule has 0 aliphatic rings. The van der Waals surface area contributed by atoms with E-state index in [9.17, 15) is 4.79 Å². The summed E-state index contributed by atoms with van der Waals surface area (Å²) in [6.07, 6.45) is 4.07. The van der Waals surface area contributed by atoms with E-state index < -0.39 is 0 Å². The van der Waals surface area contributed by atoms with Crippen LogP contribution in [0.2, 0.25) is 0 Å². The third-order valence-corrected chi connectivity index (χ3v) is 6.44. The molecule has 3 rings (SSSR count). The van der Waals surface area contributed by atoms with Crippen LogP contribution < -0.4 is 25.0 Å². The molecule has 3 aromatic rings. The van der Waals surface area contributed by atoms with Gasteiger partial charge in [-0.25, -0.2) is 5.48 Å². The first-order chi connectivity index (χ1) is 18.1. The lowest BCUT2D eigenvalue weighted by atomic mass is 9.97. The molecule has 1 amide bonds. The molecule has 0 heterocycles. The highest BCUT2D eigenvalue weighted by Crippen LogP contribution is 2.35. The molecular weight excluding hydrogens is 468 g/mol. The van der Waals surface area contributed by atoms with E-state index in [4.69, 9.17) is 19.4 Å². The van der Waals surface area contributed by atoms with Gasteiger partial charge in [0, 0.05) is 25.1 Å². The average molecular weight is 507 g/mol. The number of benzene rings is 3. The molecule has 0 atom stereocenters. The number of hydroxylamine groups is 1. The number of carbonyl (C=O) groups is 1. The topological polar surface area (TPSA) is 89.0 Å². The first-order valence-corrected chi connectivity index (χ1v) is 12.7. The van der Waals surface area contributed by atoms with Gasteiger partial charge in [0.05, 0.1) is 19.8 Å². The van der Waals surface area contributed by atoms with Crippen LogP contribution in [0.3, 0.4) is 0 Å². The first kappa shape index (κ1) is 28.0. The maximum atomic E-state index is 11.0. The SMILES string of the molecule is COc1cc(OCc2cccc(-c3ccccc3)c2C)cc(OC)c1CNCCCCCCC(=O)NO. The Balaban J connectivity index is 1.57. The van der Waals surface area contributed by atoms with Crippen molar-refractivity contribution in [2.45, 2.75) is 52.2 Å². The second kappa shape index (κ2) is 14.9. The third-order valence-electron chi connectivity index (χ3n) is 6.44. The van der Waals surface area contributed by atoms with Crippen LogP contribution >= 0.6 is 0 Å². The van der Waals surface area contributed by atoms with Gasteiger partial charge < -0.3 is 19.5 Å². The Hall–Kier alpha value is -3.55. The number of ether oxygens (including phenoxy) is 3. The number of rotatable bonds is 15. The van der Waals surface area contributed by atoms with Crippen molar-refractivity contribution < 1.29 is 24.2 Å². The fourth-order valence-corrected chi connectivity index (χ4v) is 4.31.